The van der Waals surface area contributed by atoms with Gasteiger partial charge in [-0.25, -0.2) is 9.67 Å². The summed E-state index contributed by atoms with van der Waals surface area (Å²) in [4.78, 5) is 19.0. The summed E-state index contributed by atoms with van der Waals surface area (Å²) in [6.45, 7) is 7.96. The Kier molecular flexibility index (Phi) is 6.38. The molecule has 0 saturated carbocycles. The SMILES string of the molecule is Cc1ccc(C(CC(=O)O)c2ccc3c(nnn3C)c2C)cc1Cn1ccnc1CN1CCCC1. The zero-order valence-corrected chi connectivity index (χ0v) is 20.6. The van der Waals surface area contributed by atoms with Crippen molar-refractivity contribution < 1.29 is 9.90 Å². The fourth-order valence-electron chi connectivity index (χ4n) is 5.25. The minimum Gasteiger partial charge on any atom is -0.481 e. The van der Waals surface area contributed by atoms with E-state index in [0.29, 0.717) is 6.54 Å². The van der Waals surface area contributed by atoms with E-state index in [9.17, 15) is 9.90 Å². The number of fused-ring (bicyclic) bond motifs is 1. The van der Waals surface area contributed by atoms with Crippen LogP contribution in [0.3, 0.4) is 0 Å². The second-order valence-electron chi connectivity index (χ2n) is 9.65. The molecule has 0 spiro atoms. The molecule has 5 rings (SSSR count). The summed E-state index contributed by atoms with van der Waals surface area (Å²) in [7, 11) is 1.86. The zero-order valence-electron chi connectivity index (χ0n) is 20.6. The molecule has 182 valence electrons. The number of likely N-dealkylation sites (tertiary alicyclic amines) is 1. The number of hydrogen-bond acceptors (Lipinski definition) is 5. The molecular formula is C27H32N6O2. The van der Waals surface area contributed by atoms with Gasteiger partial charge in [-0.05, 0) is 73.7 Å². The van der Waals surface area contributed by atoms with Crippen LogP contribution in [0.1, 0.15) is 58.8 Å². The van der Waals surface area contributed by atoms with Gasteiger partial charge in [0.2, 0.25) is 0 Å². The minimum absolute atomic E-state index is 0.0143. The van der Waals surface area contributed by atoms with Crippen LogP contribution >= 0.6 is 0 Å². The van der Waals surface area contributed by atoms with E-state index in [1.54, 1.807) is 4.68 Å². The maximum absolute atomic E-state index is 11.9. The highest BCUT2D eigenvalue weighted by molar-refractivity contribution is 5.80. The van der Waals surface area contributed by atoms with Crippen molar-refractivity contribution in [3.63, 3.8) is 0 Å². The third-order valence-corrected chi connectivity index (χ3v) is 7.31. The first-order valence-corrected chi connectivity index (χ1v) is 12.2. The number of aryl methyl sites for hydroxylation is 3. The lowest BCUT2D eigenvalue weighted by Gasteiger charge is -2.21. The first-order valence-electron chi connectivity index (χ1n) is 12.2. The largest absolute Gasteiger partial charge is 0.481 e. The van der Waals surface area contributed by atoms with Gasteiger partial charge in [0.15, 0.2) is 0 Å². The highest BCUT2D eigenvalue weighted by Gasteiger charge is 2.23. The molecule has 3 heterocycles. The van der Waals surface area contributed by atoms with Gasteiger partial charge in [-0.2, -0.15) is 0 Å². The molecule has 1 fully saturated rings. The fraction of sp³-hybridized carbons (Fsp3) is 0.407. The maximum Gasteiger partial charge on any atom is 0.304 e. The van der Waals surface area contributed by atoms with Crippen LogP contribution in [0.2, 0.25) is 0 Å². The minimum atomic E-state index is -0.821. The van der Waals surface area contributed by atoms with Gasteiger partial charge in [0.05, 0.1) is 18.5 Å². The van der Waals surface area contributed by atoms with Crippen molar-refractivity contribution >= 4 is 17.0 Å². The first kappa shape index (κ1) is 23.2. The highest BCUT2D eigenvalue weighted by atomic mass is 16.4. The van der Waals surface area contributed by atoms with Crippen molar-refractivity contribution in [3.05, 3.63) is 76.4 Å². The average molecular weight is 473 g/mol. The molecule has 0 amide bonds. The third-order valence-electron chi connectivity index (χ3n) is 7.31. The topological polar surface area (TPSA) is 89.1 Å². The van der Waals surface area contributed by atoms with E-state index >= 15 is 0 Å². The van der Waals surface area contributed by atoms with E-state index in [1.165, 1.54) is 24.0 Å². The Labute approximate surface area is 205 Å². The number of hydrogen-bond donors (Lipinski definition) is 1. The third kappa shape index (κ3) is 4.71. The van der Waals surface area contributed by atoms with Crippen LogP contribution in [0.4, 0.5) is 0 Å². The lowest BCUT2D eigenvalue weighted by atomic mass is 9.84. The second-order valence-corrected chi connectivity index (χ2v) is 9.65. The van der Waals surface area contributed by atoms with Gasteiger partial charge in [-0.3, -0.25) is 9.69 Å². The Balaban J connectivity index is 1.49. The number of carbonyl (C=O) groups is 1. The first-order chi connectivity index (χ1) is 16.9. The van der Waals surface area contributed by atoms with Gasteiger partial charge in [0.1, 0.15) is 11.3 Å². The predicted molar refractivity (Wildman–Crippen MR) is 134 cm³/mol. The summed E-state index contributed by atoms with van der Waals surface area (Å²) in [6.07, 6.45) is 6.44. The van der Waals surface area contributed by atoms with E-state index in [4.69, 9.17) is 0 Å². The van der Waals surface area contributed by atoms with Gasteiger partial charge in [-0.1, -0.05) is 29.5 Å². The summed E-state index contributed by atoms with van der Waals surface area (Å²) in [5.41, 5.74) is 7.08. The standard InChI is InChI=1S/C27H32N6O2/c1-18-6-7-20(14-21(18)16-33-13-10-28-25(33)17-32-11-4-5-12-32)23(15-26(34)35)22-8-9-24-27(19(22)2)29-30-31(24)3/h6-10,13-14,23H,4-5,11-12,15-17H2,1-3H3,(H,34,35). The van der Waals surface area contributed by atoms with E-state index in [2.05, 4.69) is 49.9 Å². The normalized spacial score (nSPS) is 15.2. The molecule has 1 unspecified atom stereocenters. The van der Waals surface area contributed by atoms with Crippen molar-refractivity contribution in [1.29, 1.82) is 0 Å². The monoisotopic (exact) mass is 472 g/mol. The molecule has 1 atom stereocenters. The number of carboxylic acids is 1. The molecule has 1 aliphatic heterocycles. The Morgan fingerprint density at radius 2 is 1.91 bits per heavy atom. The van der Waals surface area contributed by atoms with Gasteiger partial charge < -0.3 is 9.67 Å². The van der Waals surface area contributed by atoms with Crippen molar-refractivity contribution in [2.45, 2.75) is 52.1 Å². The van der Waals surface area contributed by atoms with Gasteiger partial charge in [-0.15, -0.1) is 5.10 Å². The lowest BCUT2D eigenvalue weighted by molar-refractivity contribution is -0.137. The quantitative estimate of drug-likeness (QED) is 0.416. The summed E-state index contributed by atoms with van der Waals surface area (Å²) >= 11 is 0. The van der Waals surface area contributed by atoms with Gasteiger partial charge >= 0.3 is 5.97 Å². The molecule has 8 heteroatoms. The Hall–Kier alpha value is -3.52. The van der Waals surface area contributed by atoms with E-state index in [-0.39, 0.29) is 12.3 Å². The molecule has 2 aromatic carbocycles. The number of carboxylic acid groups (broad SMARTS) is 1. The molecule has 0 bridgehead atoms. The van der Waals surface area contributed by atoms with Crippen molar-refractivity contribution in [2.24, 2.45) is 7.05 Å². The van der Waals surface area contributed by atoms with Gasteiger partial charge in [0.25, 0.3) is 0 Å². The molecule has 1 aliphatic rings. The Morgan fingerprint density at radius 3 is 2.69 bits per heavy atom. The van der Waals surface area contributed by atoms with Crippen molar-refractivity contribution in [1.82, 2.24) is 29.4 Å². The van der Waals surface area contributed by atoms with Crippen molar-refractivity contribution in [2.75, 3.05) is 13.1 Å². The van der Waals surface area contributed by atoms with Crippen LogP contribution in [0.15, 0.2) is 42.7 Å². The number of benzene rings is 2. The second kappa shape index (κ2) is 9.62. The van der Waals surface area contributed by atoms with Crippen LogP contribution in [-0.4, -0.2) is 53.6 Å². The summed E-state index contributed by atoms with van der Waals surface area (Å²) in [5, 5.41) is 18.2. The maximum atomic E-state index is 11.9. The molecule has 0 aliphatic carbocycles. The van der Waals surface area contributed by atoms with Crippen LogP contribution in [0.5, 0.6) is 0 Å². The van der Waals surface area contributed by atoms with Crippen LogP contribution in [-0.2, 0) is 24.9 Å². The van der Waals surface area contributed by atoms with Gasteiger partial charge in [0, 0.05) is 31.9 Å². The van der Waals surface area contributed by atoms with E-state index in [0.717, 1.165) is 53.2 Å². The average Bonchev–Trinajstić information content (AvgIpc) is 3.58. The lowest BCUT2D eigenvalue weighted by Crippen LogP contribution is -2.21. The number of aliphatic carboxylic acids is 1. The molecule has 2 aromatic heterocycles. The number of aromatic nitrogens is 5. The Bertz CT molecular complexity index is 1370. The van der Waals surface area contributed by atoms with E-state index < -0.39 is 5.97 Å². The summed E-state index contributed by atoms with van der Waals surface area (Å²) in [6, 6.07) is 10.3. The smallest absolute Gasteiger partial charge is 0.304 e. The highest BCUT2D eigenvalue weighted by Crippen LogP contribution is 2.34. The van der Waals surface area contributed by atoms with Crippen LogP contribution in [0, 0.1) is 13.8 Å². The number of nitrogens with zero attached hydrogens (tertiary/aromatic N) is 6. The molecule has 0 radical (unpaired) electrons. The number of imidazole rings is 1. The zero-order chi connectivity index (χ0) is 24.5. The van der Waals surface area contributed by atoms with E-state index in [1.807, 2.05) is 38.5 Å². The summed E-state index contributed by atoms with van der Waals surface area (Å²) in [5.74, 6) is -0.0221. The number of rotatable bonds is 8. The molecule has 35 heavy (non-hydrogen) atoms. The predicted octanol–water partition coefficient (Wildman–Crippen LogP) is 4.03. The fourth-order valence-corrected chi connectivity index (χ4v) is 5.25. The van der Waals surface area contributed by atoms with Crippen LogP contribution in [0.25, 0.3) is 11.0 Å². The molecule has 1 saturated heterocycles. The molecule has 8 nitrogen and oxygen atoms in total. The summed E-state index contributed by atoms with van der Waals surface area (Å²) < 4.78 is 3.96. The Morgan fingerprint density at radius 1 is 1.11 bits per heavy atom. The molecule has 1 N–H and O–H groups in total. The van der Waals surface area contributed by atoms with Crippen LogP contribution < -0.4 is 0 Å². The molecular weight excluding hydrogens is 440 g/mol. The van der Waals surface area contributed by atoms with Crippen molar-refractivity contribution in [3.8, 4) is 0 Å². The molecule has 4 aromatic rings.